The molecule has 0 saturated carbocycles. The maximum absolute atomic E-state index is 12.0. The van der Waals surface area contributed by atoms with Crippen molar-refractivity contribution in [2.24, 2.45) is 0 Å². The van der Waals surface area contributed by atoms with Gasteiger partial charge in [-0.1, -0.05) is 30.3 Å². The fraction of sp³-hybridized carbons (Fsp3) is 0.250. The van der Waals surface area contributed by atoms with Crippen LogP contribution in [0.3, 0.4) is 0 Å². The molecule has 104 valence electrons. The molecule has 4 nitrogen and oxygen atoms in total. The molecule has 0 bridgehead atoms. The van der Waals surface area contributed by atoms with Gasteiger partial charge < -0.3 is 9.88 Å². The van der Waals surface area contributed by atoms with Crippen LogP contribution in [0.25, 0.3) is 0 Å². The SMILES string of the molecule is Cc1ccccc1C(C)NC(=O)Cn1ccccc1=O. The van der Waals surface area contributed by atoms with E-state index in [4.69, 9.17) is 0 Å². The summed E-state index contributed by atoms with van der Waals surface area (Å²) in [6.07, 6.45) is 1.61. The highest BCUT2D eigenvalue weighted by Gasteiger charge is 2.11. The van der Waals surface area contributed by atoms with Crippen LogP contribution < -0.4 is 10.9 Å². The summed E-state index contributed by atoms with van der Waals surface area (Å²) < 4.78 is 1.39. The predicted octanol–water partition coefficient (Wildman–Crippen LogP) is 2.03. The number of carbonyl (C=O) groups excluding carboxylic acids is 1. The summed E-state index contributed by atoms with van der Waals surface area (Å²) in [5, 5.41) is 2.91. The Balaban J connectivity index is 2.04. The van der Waals surface area contributed by atoms with Crippen molar-refractivity contribution in [3.05, 3.63) is 70.1 Å². The van der Waals surface area contributed by atoms with Crippen molar-refractivity contribution in [3.8, 4) is 0 Å². The summed E-state index contributed by atoms with van der Waals surface area (Å²) in [4.78, 5) is 23.5. The highest BCUT2D eigenvalue weighted by molar-refractivity contribution is 5.76. The second-order valence-electron chi connectivity index (χ2n) is 4.81. The van der Waals surface area contributed by atoms with E-state index in [9.17, 15) is 9.59 Å². The number of carbonyl (C=O) groups is 1. The lowest BCUT2D eigenvalue weighted by Crippen LogP contribution is -2.33. The van der Waals surface area contributed by atoms with Crippen molar-refractivity contribution in [1.82, 2.24) is 9.88 Å². The van der Waals surface area contributed by atoms with Crippen LogP contribution in [-0.2, 0) is 11.3 Å². The highest BCUT2D eigenvalue weighted by Crippen LogP contribution is 2.16. The van der Waals surface area contributed by atoms with Crippen molar-refractivity contribution in [2.45, 2.75) is 26.4 Å². The molecule has 1 amide bonds. The minimum absolute atomic E-state index is 0.0376. The summed E-state index contributed by atoms with van der Waals surface area (Å²) in [7, 11) is 0. The van der Waals surface area contributed by atoms with Crippen molar-refractivity contribution in [1.29, 1.82) is 0 Å². The molecule has 2 aromatic rings. The van der Waals surface area contributed by atoms with Gasteiger partial charge in [0.15, 0.2) is 0 Å². The van der Waals surface area contributed by atoms with Crippen LogP contribution >= 0.6 is 0 Å². The molecule has 0 aliphatic carbocycles. The molecule has 0 fully saturated rings. The fourth-order valence-electron chi connectivity index (χ4n) is 2.18. The van der Waals surface area contributed by atoms with E-state index in [1.165, 1.54) is 10.6 Å². The van der Waals surface area contributed by atoms with E-state index in [0.29, 0.717) is 0 Å². The van der Waals surface area contributed by atoms with E-state index in [1.54, 1.807) is 18.3 Å². The minimum Gasteiger partial charge on any atom is -0.348 e. The first-order valence-corrected chi connectivity index (χ1v) is 6.58. The molecule has 0 saturated heterocycles. The maximum Gasteiger partial charge on any atom is 0.250 e. The van der Waals surface area contributed by atoms with Gasteiger partial charge in [0.2, 0.25) is 5.91 Å². The molecule has 2 rings (SSSR count). The van der Waals surface area contributed by atoms with E-state index < -0.39 is 0 Å². The number of aryl methyl sites for hydroxylation is 1. The summed E-state index contributed by atoms with van der Waals surface area (Å²) in [6.45, 7) is 3.99. The smallest absolute Gasteiger partial charge is 0.250 e. The normalized spacial score (nSPS) is 11.9. The van der Waals surface area contributed by atoms with Gasteiger partial charge in [0.1, 0.15) is 6.54 Å². The number of nitrogens with one attached hydrogen (secondary N) is 1. The molecule has 0 radical (unpaired) electrons. The van der Waals surface area contributed by atoms with Crippen LogP contribution in [-0.4, -0.2) is 10.5 Å². The van der Waals surface area contributed by atoms with Crippen LogP contribution in [0.4, 0.5) is 0 Å². The lowest BCUT2D eigenvalue weighted by molar-refractivity contribution is -0.122. The van der Waals surface area contributed by atoms with E-state index in [2.05, 4.69) is 5.32 Å². The fourth-order valence-corrected chi connectivity index (χ4v) is 2.18. The number of aromatic nitrogens is 1. The number of pyridine rings is 1. The molecular weight excluding hydrogens is 252 g/mol. The summed E-state index contributed by atoms with van der Waals surface area (Å²) in [6, 6.07) is 12.7. The van der Waals surface area contributed by atoms with Gasteiger partial charge in [-0.05, 0) is 31.0 Å². The first-order valence-electron chi connectivity index (χ1n) is 6.58. The molecule has 1 atom stereocenters. The van der Waals surface area contributed by atoms with Gasteiger partial charge in [-0.3, -0.25) is 9.59 Å². The highest BCUT2D eigenvalue weighted by atomic mass is 16.2. The predicted molar refractivity (Wildman–Crippen MR) is 78.4 cm³/mol. The molecule has 20 heavy (non-hydrogen) atoms. The average Bonchev–Trinajstić information content (AvgIpc) is 2.41. The third kappa shape index (κ3) is 3.35. The Morgan fingerprint density at radius 3 is 2.60 bits per heavy atom. The second kappa shape index (κ2) is 6.19. The van der Waals surface area contributed by atoms with Crippen molar-refractivity contribution in [2.75, 3.05) is 0 Å². The van der Waals surface area contributed by atoms with E-state index in [0.717, 1.165) is 11.1 Å². The first kappa shape index (κ1) is 14.1. The van der Waals surface area contributed by atoms with E-state index >= 15 is 0 Å². The molecule has 1 unspecified atom stereocenters. The van der Waals surface area contributed by atoms with Crippen LogP contribution in [0.2, 0.25) is 0 Å². The number of amides is 1. The van der Waals surface area contributed by atoms with Crippen molar-refractivity contribution < 1.29 is 4.79 Å². The van der Waals surface area contributed by atoms with Crippen molar-refractivity contribution >= 4 is 5.91 Å². The zero-order valence-corrected chi connectivity index (χ0v) is 11.7. The van der Waals surface area contributed by atoms with Crippen LogP contribution in [0.1, 0.15) is 24.1 Å². The molecule has 0 aliphatic rings. The molecule has 0 aliphatic heterocycles. The lowest BCUT2D eigenvalue weighted by atomic mass is 10.0. The quantitative estimate of drug-likeness (QED) is 0.924. The Morgan fingerprint density at radius 2 is 1.90 bits per heavy atom. The summed E-state index contributed by atoms with van der Waals surface area (Å²) in [5.74, 6) is -0.172. The van der Waals surface area contributed by atoms with Gasteiger partial charge in [0, 0.05) is 12.3 Å². The first-order chi connectivity index (χ1) is 9.58. The Bertz CT molecular complexity index is 661. The van der Waals surface area contributed by atoms with Crippen LogP contribution in [0.15, 0.2) is 53.5 Å². The average molecular weight is 270 g/mol. The summed E-state index contributed by atoms with van der Waals surface area (Å²) >= 11 is 0. The number of hydrogen-bond donors (Lipinski definition) is 1. The van der Waals surface area contributed by atoms with Crippen molar-refractivity contribution in [3.63, 3.8) is 0 Å². The van der Waals surface area contributed by atoms with Gasteiger partial charge in [-0.15, -0.1) is 0 Å². The molecular formula is C16H18N2O2. The van der Waals surface area contributed by atoms with Gasteiger partial charge in [0.05, 0.1) is 6.04 Å². The Labute approximate surface area is 118 Å². The molecule has 1 aromatic carbocycles. The number of nitrogens with zero attached hydrogens (tertiary/aromatic N) is 1. The lowest BCUT2D eigenvalue weighted by Gasteiger charge is -2.17. The largest absolute Gasteiger partial charge is 0.348 e. The van der Waals surface area contributed by atoms with E-state index in [1.807, 2.05) is 38.1 Å². The Morgan fingerprint density at radius 1 is 1.20 bits per heavy atom. The molecule has 1 heterocycles. The van der Waals surface area contributed by atoms with Gasteiger partial charge in [-0.2, -0.15) is 0 Å². The monoisotopic (exact) mass is 270 g/mol. The minimum atomic E-state index is -0.175. The second-order valence-corrected chi connectivity index (χ2v) is 4.81. The standard InChI is InChI=1S/C16H18N2O2/c1-12-7-3-4-8-14(12)13(2)17-15(19)11-18-10-6-5-9-16(18)20/h3-10,13H,11H2,1-2H3,(H,17,19). The maximum atomic E-state index is 12.0. The van der Waals surface area contributed by atoms with Gasteiger partial charge in [0.25, 0.3) is 5.56 Å². The third-order valence-corrected chi connectivity index (χ3v) is 3.25. The molecule has 1 aromatic heterocycles. The number of benzene rings is 1. The zero-order chi connectivity index (χ0) is 14.5. The third-order valence-electron chi connectivity index (χ3n) is 3.25. The number of hydrogen-bond acceptors (Lipinski definition) is 2. The van der Waals surface area contributed by atoms with Gasteiger partial charge >= 0.3 is 0 Å². The topological polar surface area (TPSA) is 51.1 Å². The van der Waals surface area contributed by atoms with Crippen LogP contribution in [0, 0.1) is 6.92 Å². The molecule has 4 heteroatoms. The van der Waals surface area contributed by atoms with E-state index in [-0.39, 0.29) is 24.1 Å². The summed E-state index contributed by atoms with van der Waals surface area (Å²) in [5.41, 5.74) is 2.05. The number of rotatable bonds is 4. The van der Waals surface area contributed by atoms with Crippen LogP contribution in [0.5, 0.6) is 0 Å². The molecule has 0 spiro atoms. The van der Waals surface area contributed by atoms with Gasteiger partial charge in [-0.25, -0.2) is 0 Å². The Kier molecular flexibility index (Phi) is 4.35. The Hall–Kier alpha value is -2.36. The zero-order valence-electron chi connectivity index (χ0n) is 11.7. The molecule has 1 N–H and O–H groups in total.